The lowest BCUT2D eigenvalue weighted by Crippen LogP contribution is -2.43. The Balaban J connectivity index is 1.91. The number of aliphatic hydroxyl groups excluding tert-OH is 1. The number of aliphatic hydroxyl groups is 1. The summed E-state index contributed by atoms with van der Waals surface area (Å²) in [6.45, 7) is 2.40. The molecule has 1 aromatic heterocycles. The lowest BCUT2D eigenvalue weighted by Gasteiger charge is -2.33. The smallest absolute Gasteiger partial charge is 0.418 e. The van der Waals surface area contributed by atoms with Gasteiger partial charge >= 0.3 is 6.18 Å². The number of nitrogens with zero attached hydrogens (tertiary/aromatic N) is 3. The van der Waals surface area contributed by atoms with Crippen molar-refractivity contribution in [3.63, 3.8) is 0 Å². The third-order valence-electron chi connectivity index (χ3n) is 4.78. The largest absolute Gasteiger partial charge is 0.504 e. The van der Waals surface area contributed by atoms with Crippen molar-refractivity contribution in [1.82, 2.24) is 14.7 Å². The predicted molar refractivity (Wildman–Crippen MR) is 90.5 cm³/mol. The van der Waals surface area contributed by atoms with E-state index in [1.54, 1.807) is 6.92 Å². The molecule has 2 heterocycles. The fourth-order valence-electron chi connectivity index (χ4n) is 3.29. The molecule has 1 amide bonds. The molecule has 1 aliphatic heterocycles. The summed E-state index contributed by atoms with van der Waals surface area (Å²) in [4.78, 5) is 14.2. The van der Waals surface area contributed by atoms with E-state index in [1.807, 2.05) is 0 Å². The third-order valence-corrected chi connectivity index (χ3v) is 4.78. The van der Waals surface area contributed by atoms with E-state index in [4.69, 9.17) is 0 Å². The number of aromatic nitrogens is 2. The highest BCUT2D eigenvalue weighted by molar-refractivity contribution is 5.95. The lowest BCUT2D eigenvalue weighted by molar-refractivity contribution is -0.137. The summed E-state index contributed by atoms with van der Waals surface area (Å²) in [6.07, 6.45) is -2.71. The summed E-state index contributed by atoms with van der Waals surface area (Å²) in [5.41, 5.74) is -1.50. The van der Waals surface area contributed by atoms with Gasteiger partial charge in [-0.15, -0.1) is 0 Å². The first-order valence-corrected chi connectivity index (χ1v) is 8.61. The quantitative estimate of drug-likeness (QED) is 0.854. The van der Waals surface area contributed by atoms with Crippen LogP contribution in [-0.2, 0) is 6.18 Å². The molecule has 6 nitrogen and oxygen atoms in total. The molecular weight excluding hydrogens is 363 g/mol. The van der Waals surface area contributed by atoms with Gasteiger partial charge in [0.05, 0.1) is 23.6 Å². The molecule has 146 valence electrons. The highest BCUT2D eigenvalue weighted by Crippen LogP contribution is 2.34. The maximum Gasteiger partial charge on any atom is 0.418 e. The first-order valence-electron chi connectivity index (χ1n) is 8.61. The Kier molecular flexibility index (Phi) is 5.14. The van der Waals surface area contributed by atoms with E-state index in [1.165, 1.54) is 23.1 Å². The molecule has 0 spiro atoms. The number of likely N-dealkylation sites (tertiary alicyclic amines) is 1. The maximum atomic E-state index is 13.2. The molecular formula is C18H20F3N3O3. The number of piperidine rings is 1. The van der Waals surface area contributed by atoms with E-state index in [9.17, 15) is 28.2 Å². The first-order chi connectivity index (χ1) is 12.7. The van der Waals surface area contributed by atoms with E-state index < -0.39 is 29.5 Å². The summed E-state index contributed by atoms with van der Waals surface area (Å²) in [7, 11) is 0. The molecule has 9 heteroatoms. The molecule has 1 fully saturated rings. The van der Waals surface area contributed by atoms with Crippen molar-refractivity contribution in [2.75, 3.05) is 13.1 Å². The Labute approximate surface area is 153 Å². The molecule has 1 saturated heterocycles. The number of benzene rings is 1. The Morgan fingerprint density at radius 1 is 1.33 bits per heavy atom. The van der Waals surface area contributed by atoms with Crippen LogP contribution in [0.25, 0.3) is 5.69 Å². The Morgan fingerprint density at radius 3 is 2.70 bits per heavy atom. The second-order valence-electron chi connectivity index (χ2n) is 6.72. The molecule has 0 radical (unpaired) electrons. The number of halogens is 3. The minimum atomic E-state index is -4.60. The van der Waals surface area contributed by atoms with Crippen molar-refractivity contribution in [2.45, 2.75) is 32.0 Å². The average molecular weight is 383 g/mol. The van der Waals surface area contributed by atoms with Crippen molar-refractivity contribution < 1.29 is 28.2 Å². The van der Waals surface area contributed by atoms with Crippen LogP contribution in [0, 0.1) is 5.92 Å². The standard InChI is InChI=1S/C18H20F3N3O3/c1-11(25)12-5-4-8-23(9-12)17(27)16-15(26)10-24(22-16)14-7-3-2-6-13(14)18(19,20)21/h2-3,6-7,10-12,25-26H,4-5,8-9H2,1H3/t11-,12+/m1/s1. The van der Waals surface area contributed by atoms with Gasteiger partial charge in [0.2, 0.25) is 0 Å². The van der Waals surface area contributed by atoms with E-state index in [-0.39, 0.29) is 17.3 Å². The highest BCUT2D eigenvalue weighted by Gasteiger charge is 2.35. The van der Waals surface area contributed by atoms with Gasteiger partial charge in [0.1, 0.15) is 0 Å². The molecule has 1 aromatic carbocycles. The monoisotopic (exact) mass is 383 g/mol. The van der Waals surface area contributed by atoms with Gasteiger partial charge in [0.25, 0.3) is 5.91 Å². The fourth-order valence-corrected chi connectivity index (χ4v) is 3.29. The van der Waals surface area contributed by atoms with Gasteiger partial charge in [0, 0.05) is 19.0 Å². The first kappa shape index (κ1) is 19.2. The second kappa shape index (κ2) is 7.22. The summed E-state index contributed by atoms with van der Waals surface area (Å²) in [6, 6.07) is 4.80. The maximum absolute atomic E-state index is 13.2. The Bertz CT molecular complexity index is 833. The number of hydrogen-bond donors (Lipinski definition) is 2. The van der Waals surface area contributed by atoms with Crippen LogP contribution in [0.15, 0.2) is 30.5 Å². The zero-order chi connectivity index (χ0) is 19.8. The molecule has 0 bridgehead atoms. The fraction of sp³-hybridized carbons (Fsp3) is 0.444. The highest BCUT2D eigenvalue weighted by atomic mass is 19.4. The molecule has 0 aliphatic carbocycles. The van der Waals surface area contributed by atoms with Crippen molar-refractivity contribution in [1.29, 1.82) is 0 Å². The number of carbonyl (C=O) groups is 1. The van der Waals surface area contributed by atoms with Crippen molar-refractivity contribution >= 4 is 5.91 Å². The molecule has 27 heavy (non-hydrogen) atoms. The molecule has 2 aromatic rings. The van der Waals surface area contributed by atoms with Crippen LogP contribution >= 0.6 is 0 Å². The number of rotatable bonds is 3. The van der Waals surface area contributed by atoms with Gasteiger partial charge in [-0.3, -0.25) is 4.79 Å². The number of para-hydroxylation sites is 1. The lowest BCUT2D eigenvalue weighted by atomic mass is 9.93. The van der Waals surface area contributed by atoms with Gasteiger partial charge in [0.15, 0.2) is 11.4 Å². The molecule has 0 saturated carbocycles. The molecule has 0 unspecified atom stereocenters. The van der Waals surface area contributed by atoms with Crippen LogP contribution in [-0.4, -0.2) is 50.0 Å². The Morgan fingerprint density at radius 2 is 2.04 bits per heavy atom. The van der Waals surface area contributed by atoms with Crippen LogP contribution in [0.3, 0.4) is 0 Å². The zero-order valence-corrected chi connectivity index (χ0v) is 14.6. The molecule has 1 aliphatic rings. The van der Waals surface area contributed by atoms with Crippen LogP contribution < -0.4 is 0 Å². The number of amides is 1. The summed E-state index contributed by atoms with van der Waals surface area (Å²) >= 11 is 0. The van der Waals surface area contributed by atoms with E-state index in [0.29, 0.717) is 19.5 Å². The second-order valence-corrected chi connectivity index (χ2v) is 6.72. The molecule has 2 N–H and O–H groups in total. The summed E-state index contributed by atoms with van der Waals surface area (Å²) in [5.74, 6) is -1.14. The van der Waals surface area contributed by atoms with Crippen molar-refractivity contribution in [2.24, 2.45) is 5.92 Å². The van der Waals surface area contributed by atoms with Gasteiger partial charge < -0.3 is 15.1 Å². The third kappa shape index (κ3) is 3.92. The van der Waals surface area contributed by atoms with Crippen LogP contribution in [0.1, 0.15) is 35.8 Å². The van der Waals surface area contributed by atoms with E-state index >= 15 is 0 Å². The summed E-state index contributed by atoms with van der Waals surface area (Å²) in [5, 5.41) is 23.8. The SMILES string of the molecule is C[C@@H](O)[C@H]1CCCN(C(=O)c2nn(-c3ccccc3C(F)(F)F)cc2O)C1. The van der Waals surface area contributed by atoms with Crippen LogP contribution in [0.2, 0.25) is 0 Å². The topological polar surface area (TPSA) is 78.6 Å². The molecule has 2 atom stereocenters. The van der Waals surface area contributed by atoms with Gasteiger partial charge in [-0.2, -0.15) is 18.3 Å². The average Bonchev–Trinajstić information content (AvgIpc) is 3.02. The van der Waals surface area contributed by atoms with E-state index in [0.717, 1.165) is 23.4 Å². The van der Waals surface area contributed by atoms with Gasteiger partial charge in [-0.25, -0.2) is 4.68 Å². The van der Waals surface area contributed by atoms with E-state index in [2.05, 4.69) is 5.10 Å². The minimum Gasteiger partial charge on any atom is -0.504 e. The Hall–Kier alpha value is -2.55. The number of carbonyl (C=O) groups excluding carboxylic acids is 1. The summed E-state index contributed by atoms with van der Waals surface area (Å²) < 4.78 is 40.5. The van der Waals surface area contributed by atoms with Crippen molar-refractivity contribution in [3.8, 4) is 11.4 Å². The normalized spacial score (nSPS) is 19.1. The minimum absolute atomic E-state index is 0.0853. The van der Waals surface area contributed by atoms with Crippen LogP contribution in [0.5, 0.6) is 5.75 Å². The van der Waals surface area contributed by atoms with Gasteiger partial charge in [-0.1, -0.05) is 12.1 Å². The number of aromatic hydroxyl groups is 1. The number of alkyl halides is 3. The van der Waals surface area contributed by atoms with Crippen molar-refractivity contribution in [3.05, 3.63) is 41.7 Å². The zero-order valence-electron chi connectivity index (χ0n) is 14.6. The van der Waals surface area contributed by atoms with Gasteiger partial charge in [-0.05, 0) is 31.9 Å². The predicted octanol–water partition coefficient (Wildman–Crippen LogP) is 2.83. The molecule has 3 rings (SSSR count). The number of hydrogen-bond acceptors (Lipinski definition) is 4. The van der Waals surface area contributed by atoms with Crippen LogP contribution in [0.4, 0.5) is 13.2 Å².